The standard InChI is InChI=1S/C15H14FIO2/c1-15(18,10-3-6-12(17)7-4-10)11-5-8-14(19-2)13(16)9-11/h3-9,18H,1-2H3. The number of methoxy groups -OCH3 is 1. The molecule has 0 aliphatic rings. The van der Waals surface area contributed by atoms with Crippen LogP contribution >= 0.6 is 22.6 Å². The van der Waals surface area contributed by atoms with E-state index in [1.807, 2.05) is 24.3 Å². The minimum atomic E-state index is -1.24. The van der Waals surface area contributed by atoms with Gasteiger partial charge in [0.1, 0.15) is 5.60 Å². The van der Waals surface area contributed by atoms with E-state index in [4.69, 9.17) is 4.74 Å². The van der Waals surface area contributed by atoms with Crippen molar-refractivity contribution in [2.24, 2.45) is 0 Å². The summed E-state index contributed by atoms with van der Waals surface area (Å²) in [4.78, 5) is 0. The number of aliphatic hydroxyl groups is 1. The summed E-state index contributed by atoms with van der Waals surface area (Å²) in [6.45, 7) is 1.65. The van der Waals surface area contributed by atoms with Gasteiger partial charge in [-0.25, -0.2) is 4.39 Å². The first kappa shape index (κ1) is 14.3. The van der Waals surface area contributed by atoms with Crippen molar-refractivity contribution < 1.29 is 14.2 Å². The number of hydrogen-bond donors (Lipinski definition) is 1. The van der Waals surface area contributed by atoms with Crippen LogP contribution in [0.5, 0.6) is 5.75 Å². The Hall–Kier alpha value is -1.14. The van der Waals surface area contributed by atoms with E-state index in [0.717, 1.165) is 9.13 Å². The lowest BCUT2D eigenvalue weighted by molar-refractivity contribution is 0.102. The molecule has 4 heteroatoms. The third-order valence-electron chi connectivity index (χ3n) is 3.12. The van der Waals surface area contributed by atoms with Crippen LogP contribution in [0, 0.1) is 9.39 Å². The molecule has 2 rings (SSSR count). The topological polar surface area (TPSA) is 29.5 Å². The molecule has 0 aromatic heterocycles. The van der Waals surface area contributed by atoms with E-state index in [-0.39, 0.29) is 5.75 Å². The molecule has 0 radical (unpaired) electrons. The molecule has 0 saturated heterocycles. The fourth-order valence-electron chi connectivity index (χ4n) is 1.91. The summed E-state index contributed by atoms with van der Waals surface area (Å²) in [6.07, 6.45) is 0. The molecule has 1 N–H and O–H groups in total. The number of benzene rings is 2. The van der Waals surface area contributed by atoms with Gasteiger partial charge in [-0.1, -0.05) is 18.2 Å². The van der Waals surface area contributed by atoms with Gasteiger partial charge in [0.25, 0.3) is 0 Å². The highest BCUT2D eigenvalue weighted by atomic mass is 127. The quantitative estimate of drug-likeness (QED) is 0.833. The highest BCUT2D eigenvalue weighted by molar-refractivity contribution is 14.1. The second kappa shape index (κ2) is 5.46. The van der Waals surface area contributed by atoms with Crippen LogP contribution in [0.4, 0.5) is 4.39 Å². The zero-order chi connectivity index (χ0) is 14.0. The largest absolute Gasteiger partial charge is 0.494 e. The molecule has 0 amide bonds. The second-order valence-corrected chi connectivity index (χ2v) is 5.67. The fourth-order valence-corrected chi connectivity index (χ4v) is 2.27. The van der Waals surface area contributed by atoms with Crippen molar-refractivity contribution >= 4 is 22.6 Å². The molecule has 0 bridgehead atoms. The van der Waals surface area contributed by atoms with Crippen molar-refractivity contribution in [2.45, 2.75) is 12.5 Å². The van der Waals surface area contributed by atoms with Gasteiger partial charge >= 0.3 is 0 Å². The van der Waals surface area contributed by atoms with Gasteiger partial charge in [-0.2, -0.15) is 0 Å². The Morgan fingerprint density at radius 1 is 1.11 bits per heavy atom. The SMILES string of the molecule is COc1ccc(C(C)(O)c2ccc(I)cc2)cc1F. The summed E-state index contributed by atoms with van der Waals surface area (Å²) in [5, 5.41) is 10.6. The lowest BCUT2D eigenvalue weighted by Gasteiger charge is -2.25. The van der Waals surface area contributed by atoms with E-state index in [0.29, 0.717) is 5.56 Å². The van der Waals surface area contributed by atoms with Crippen LogP contribution in [-0.4, -0.2) is 12.2 Å². The predicted octanol–water partition coefficient (Wildman–Crippen LogP) is 3.69. The Labute approximate surface area is 125 Å². The highest BCUT2D eigenvalue weighted by Gasteiger charge is 2.26. The van der Waals surface area contributed by atoms with Gasteiger partial charge in [0.05, 0.1) is 7.11 Å². The number of ether oxygens (including phenoxy) is 1. The maximum Gasteiger partial charge on any atom is 0.165 e. The molecular formula is C15H14FIO2. The van der Waals surface area contributed by atoms with Crippen molar-refractivity contribution in [1.29, 1.82) is 0 Å². The molecular weight excluding hydrogens is 358 g/mol. The van der Waals surface area contributed by atoms with Gasteiger partial charge in [0.2, 0.25) is 0 Å². The van der Waals surface area contributed by atoms with E-state index < -0.39 is 11.4 Å². The van der Waals surface area contributed by atoms with E-state index in [2.05, 4.69) is 22.6 Å². The van der Waals surface area contributed by atoms with Crippen molar-refractivity contribution in [2.75, 3.05) is 7.11 Å². The fraction of sp³-hybridized carbons (Fsp3) is 0.200. The number of hydrogen-bond acceptors (Lipinski definition) is 2. The first-order chi connectivity index (χ1) is 8.95. The monoisotopic (exact) mass is 372 g/mol. The lowest BCUT2D eigenvalue weighted by atomic mass is 9.88. The Morgan fingerprint density at radius 3 is 2.21 bits per heavy atom. The summed E-state index contributed by atoms with van der Waals surface area (Å²) in [5.74, 6) is -0.312. The third kappa shape index (κ3) is 2.90. The normalized spacial score (nSPS) is 13.9. The molecule has 2 nitrogen and oxygen atoms in total. The average Bonchev–Trinajstić information content (AvgIpc) is 2.39. The molecule has 0 spiro atoms. The summed E-state index contributed by atoms with van der Waals surface area (Å²) in [5.41, 5.74) is -0.0261. The molecule has 2 aromatic rings. The van der Waals surface area contributed by atoms with Gasteiger partial charge < -0.3 is 9.84 Å². The highest BCUT2D eigenvalue weighted by Crippen LogP contribution is 2.31. The summed E-state index contributed by atoms with van der Waals surface area (Å²) >= 11 is 2.20. The van der Waals surface area contributed by atoms with Gasteiger partial charge in [0, 0.05) is 3.57 Å². The number of rotatable bonds is 3. The zero-order valence-electron chi connectivity index (χ0n) is 10.7. The summed E-state index contributed by atoms with van der Waals surface area (Å²) in [7, 11) is 1.41. The van der Waals surface area contributed by atoms with E-state index in [1.165, 1.54) is 19.2 Å². The van der Waals surface area contributed by atoms with Crippen molar-refractivity contribution in [3.05, 3.63) is 63.0 Å². The Kier molecular flexibility index (Phi) is 4.10. The number of halogens is 2. The van der Waals surface area contributed by atoms with Gasteiger partial charge in [-0.05, 0) is 64.9 Å². The maximum atomic E-state index is 13.7. The van der Waals surface area contributed by atoms with Crippen LogP contribution in [0.25, 0.3) is 0 Å². The van der Waals surface area contributed by atoms with Crippen LogP contribution < -0.4 is 4.74 Å². The second-order valence-electron chi connectivity index (χ2n) is 4.43. The van der Waals surface area contributed by atoms with Crippen molar-refractivity contribution in [3.63, 3.8) is 0 Å². The van der Waals surface area contributed by atoms with Gasteiger partial charge in [0.15, 0.2) is 11.6 Å². The average molecular weight is 372 g/mol. The molecule has 19 heavy (non-hydrogen) atoms. The van der Waals surface area contributed by atoms with Crippen LogP contribution in [-0.2, 0) is 5.60 Å². The van der Waals surface area contributed by atoms with E-state index >= 15 is 0 Å². The van der Waals surface area contributed by atoms with Crippen LogP contribution in [0.1, 0.15) is 18.1 Å². The molecule has 100 valence electrons. The maximum absolute atomic E-state index is 13.7. The summed E-state index contributed by atoms with van der Waals surface area (Å²) in [6, 6.07) is 12.0. The third-order valence-corrected chi connectivity index (χ3v) is 3.84. The lowest BCUT2D eigenvalue weighted by Crippen LogP contribution is -2.22. The molecule has 0 aliphatic carbocycles. The Balaban J connectivity index is 2.43. The Bertz CT molecular complexity index is 579. The zero-order valence-corrected chi connectivity index (χ0v) is 12.8. The molecule has 1 unspecified atom stereocenters. The van der Waals surface area contributed by atoms with E-state index in [1.54, 1.807) is 13.0 Å². The molecule has 0 aliphatic heterocycles. The smallest absolute Gasteiger partial charge is 0.165 e. The van der Waals surface area contributed by atoms with Crippen LogP contribution in [0.2, 0.25) is 0 Å². The van der Waals surface area contributed by atoms with Crippen molar-refractivity contribution in [1.82, 2.24) is 0 Å². The van der Waals surface area contributed by atoms with Crippen molar-refractivity contribution in [3.8, 4) is 5.75 Å². The minimum absolute atomic E-state index is 0.169. The first-order valence-electron chi connectivity index (χ1n) is 5.77. The summed E-state index contributed by atoms with van der Waals surface area (Å²) < 4.78 is 19.7. The molecule has 2 aromatic carbocycles. The van der Waals surface area contributed by atoms with Gasteiger partial charge in [-0.3, -0.25) is 0 Å². The van der Waals surface area contributed by atoms with Crippen LogP contribution in [0.3, 0.4) is 0 Å². The molecule has 0 fully saturated rings. The predicted molar refractivity (Wildman–Crippen MR) is 80.8 cm³/mol. The van der Waals surface area contributed by atoms with E-state index in [9.17, 15) is 9.50 Å². The first-order valence-corrected chi connectivity index (χ1v) is 6.85. The van der Waals surface area contributed by atoms with Gasteiger partial charge in [-0.15, -0.1) is 0 Å². The Morgan fingerprint density at radius 2 is 1.68 bits per heavy atom. The van der Waals surface area contributed by atoms with Crippen LogP contribution in [0.15, 0.2) is 42.5 Å². The minimum Gasteiger partial charge on any atom is -0.494 e. The molecule has 1 atom stereocenters. The molecule has 0 heterocycles. The molecule has 0 saturated carbocycles.